The number of ether oxygens (including phenoxy) is 2. The second-order valence-corrected chi connectivity index (χ2v) is 11.1. The average molecular weight is 596 g/mol. The van der Waals surface area contributed by atoms with Crippen LogP contribution in [0.5, 0.6) is 11.9 Å². The molecule has 0 aromatic carbocycles. The van der Waals surface area contributed by atoms with Gasteiger partial charge < -0.3 is 25.2 Å². The summed E-state index contributed by atoms with van der Waals surface area (Å²) in [5, 5.41) is 9.80. The van der Waals surface area contributed by atoms with Gasteiger partial charge in [-0.05, 0) is 39.3 Å². The number of halogens is 5. The smallest absolute Gasteiger partial charge is 0.418 e. The van der Waals surface area contributed by atoms with Gasteiger partial charge in [0.15, 0.2) is 5.82 Å². The van der Waals surface area contributed by atoms with Crippen LogP contribution >= 0.6 is 0 Å². The predicted octanol–water partition coefficient (Wildman–Crippen LogP) is 3.67. The second-order valence-electron chi connectivity index (χ2n) is 11.1. The SMILES string of the molecule is Cc1nc(N)cc(-c2nc3c4c(nc(OC[C@@]56CCCN5C[C@H](F)C6)nc4c2F)N(CCO)[C@@H](C)CO3)c1C(F)(F)F. The van der Waals surface area contributed by atoms with Gasteiger partial charge in [-0.1, -0.05) is 0 Å². The lowest BCUT2D eigenvalue weighted by molar-refractivity contribution is -0.137. The number of alkyl halides is 4. The van der Waals surface area contributed by atoms with Crippen molar-refractivity contribution < 1.29 is 36.5 Å². The number of rotatable bonds is 6. The molecule has 2 saturated heterocycles. The number of hydrogen-bond acceptors (Lipinski definition) is 10. The van der Waals surface area contributed by atoms with E-state index in [9.17, 15) is 22.7 Å². The van der Waals surface area contributed by atoms with E-state index < -0.39 is 46.2 Å². The maximum atomic E-state index is 16.4. The molecule has 0 spiro atoms. The van der Waals surface area contributed by atoms with Gasteiger partial charge in [-0.2, -0.15) is 23.1 Å². The Balaban J connectivity index is 1.54. The fraction of sp³-hybridized carbons (Fsp3) is 0.556. The zero-order valence-corrected chi connectivity index (χ0v) is 23.0. The molecule has 3 aromatic heterocycles. The molecule has 0 amide bonds. The van der Waals surface area contributed by atoms with Gasteiger partial charge in [0.25, 0.3) is 0 Å². The quantitative estimate of drug-likeness (QED) is 0.408. The molecule has 15 heteroatoms. The van der Waals surface area contributed by atoms with Crippen molar-refractivity contribution in [1.82, 2.24) is 24.8 Å². The van der Waals surface area contributed by atoms with Gasteiger partial charge in [0.05, 0.1) is 29.4 Å². The van der Waals surface area contributed by atoms with Gasteiger partial charge in [0.1, 0.15) is 47.6 Å². The summed E-state index contributed by atoms with van der Waals surface area (Å²) in [6, 6.07) is 0.291. The van der Waals surface area contributed by atoms with Gasteiger partial charge in [0, 0.05) is 25.1 Å². The number of aliphatic hydroxyl groups is 1. The monoisotopic (exact) mass is 595 g/mol. The van der Waals surface area contributed by atoms with Crippen LogP contribution in [0.2, 0.25) is 0 Å². The van der Waals surface area contributed by atoms with E-state index in [0.29, 0.717) is 13.0 Å². The lowest BCUT2D eigenvalue weighted by Crippen LogP contribution is -2.43. The molecule has 6 heterocycles. The molecule has 3 aromatic rings. The van der Waals surface area contributed by atoms with Crippen LogP contribution in [0.15, 0.2) is 6.07 Å². The zero-order valence-electron chi connectivity index (χ0n) is 23.0. The Hall–Kier alpha value is -3.59. The first-order chi connectivity index (χ1) is 19.9. The van der Waals surface area contributed by atoms with Gasteiger partial charge in [-0.3, -0.25) is 4.90 Å². The standard InChI is InChI=1S/C27H30F5N7O3/c1-13-11-41-24-18-22(20(29)21(35-24)16-8-17(33)34-14(2)19(16)27(30,31)32)36-25(37-23(18)39(13)6-7-40)42-12-26-4-3-5-38(26)10-15(28)9-26/h8,13,15,40H,3-7,9-12H2,1-2H3,(H2,33,34)/t13-,15+,26-/m0/s1. The number of aromatic nitrogens is 4. The van der Waals surface area contributed by atoms with Gasteiger partial charge in [-0.15, -0.1) is 0 Å². The van der Waals surface area contributed by atoms with E-state index in [1.54, 1.807) is 11.8 Å². The van der Waals surface area contributed by atoms with Crippen LogP contribution in [-0.2, 0) is 6.18 Å². The Morgan fingerprint density at radius 2 is 2.02 bits per heavy atom. The minimum Gasteiger partial charge on any atom is -0.475 e. The summed E-state index contributed by atoms with van der Waals surface area (Å²) in [6.07, 6.45) is -4.02. The van der Waals surface area contributed by atoms with Gasteiger partial charge in [-0.25, -0.2) is 18.7 Å². The number of anilines is 2. The zero-order chi connectivity index (χ0) is 30.0. The Bertz CT molecular complexity index is 1540. The first-order valence-corrected chi connectivity index (χ1v) is 13.7. The molecule has 0 radical (unpaired) electrons. The summed E-state index contributed by atoms with van der Waals surface area (Å²) in [4.78, 5) is 20.5. The van der Waals surface area contributed by atoms with Crippen molar-refractivity contribution in [1.29, 1.82) is 0 Å². The Labute approximate surface area is 237 Å². The molecule has 2 fully saturated rings. The van der Waals surface area contributed by atoms with Crippen molar-refractivity contribution in [2.45, 2.75) is 57.0 Å². The van der Waals surface area contributed by atoms with E-state index in [-0.39, 0.29) is 73.3 Å². The van der Waals surface area contributed by atoms with Crippen molar-refractivity contribution in [2.24, 2.45) is 0 Å². The fourth-order valence-corrected chi connectivity index (χ4v) is 6.48. The molecule has 3 N–H and O–H groups in total. The molecular weight excluding hydrogens is 565 g/mol. The first-order valence-electron chi connectivity index (χ1n) is 13.7. The minimum atomic E-state index is -4.89. The maximum absolute atomic E-state index is 16.4. The highest BCUT2D eigenvalue weighted by molar-refractivity contribution is 5.97. The molecule has 3 aliphatic heterocycles. The number of aryl methyl sites for hydroxylation is 1. The van der Waals surface area contributed by atoms with E-state index in [2.05, 4.69) is 19.9 Å². The van der Waals surface area contributed by atoms with E-state index >= 15 is 4.39 Å². The molecule has 0 bridgehead atoms. The normalized spacial score (nSPS) is 24.1. The summed E-state index contributed by atoms with van der Waals surface area (Å²) < 4.78 is 85.1. The van der Waals surface area contributed by atoms with Gasteiger partial charge in [0.2, 0.25) is 5.88 Å². The van der Waals surface area contributed by atoms with Crippen LogP contribution in [0.4, 0.5) is 33.6 Å². The molecule has 42 heavy (non-hydrogen) atoms. The highest BCUT2D eigenvalue weighted by Crippen LogP contribution is 2.45. The Morgan fingerprint density at radius 3 is 2.76 bits per heavy atom. The molecule has 0 unspecified atom stereocenters. The number of nitrogens with two attached hydrogens (primary N) is 1. The molecule has 226 valence electrons. The van der Waals surface area contributed by atoms with Crippen molar-refractivity contribution in [3.8, 4) is 23.1 Å². The maximum Gasteiger partial charge on any atom is 0.418 e. The van der Waals surface area contributed by atoms with E-state index in [0.717, 1.165) is 26.0 Å². The van der Waals surface area contributed by atoms with Crippen LogP contribution in [-0.4, -0.2) is 87.1 Å². The molecule has 3 atom stereocenters. The van der Waals surface area contributed by atoms with Crippen LogP contribution in [0.1, 0.15) is 37.4 Å². The van der Waals surface area contributed by atoms with Crippen LogP contribution in [0.25, 0.3) is 22.2 Å². The molecule has 0 aliphatic carbocycles. The third-order valence-electron chi connectivity index (χ3n) is 8.31. The number of nitrogen functional groups attached to an aromatic ring is 1. The third-order valence-corrected chi connectivity index (χ3v) is 8.31. The molecule has 0 saturated carbocycles. The van der Waals surface area contributed by atoms with E-state index in [1.165, 1.54) is 0 Å². The first kappa shape index (κ1) is 28.5. The fourth-order valence-electron chi connectivity index (χ4n) is 6.48. The average Bonchev–Trinajstić information content (AvgIpc) is 3.40. The number of fused-ring (bicyclic) bond motifs is 1. The molecule has 3 aliphatic rings. The van der Waals surface area contributed by atoms with Crippen molar-refractivity contribution in [3.63, 3.8) is 0 Å². The van der Waals surface area contributed by atoms with Crippen LogP contribution in [0.3, 0.4) is 0 Å². The van der Waals surface area contributed by atoms with Crippen LogP contribution in [0, 0.1) is 12.7 Å². The third kappa shape index (κ3) is 4.71. The highest BCUT2D eigenvalue weighted by Gasteiger charge is 2.49. The topological polar surface area (TPSA) is 123 Å². The lowest BCUT2D eigenvalue weighted by atomic mass is 9.95. The summed E-state index contributed by atoms with van der Waals surface area (Å²) in [6.45, 7) is 3.84. The van der Waals surface area contributed by atoms with Crippen molar-refractivity contribution in [2.75, 3.05) is 50.1 Å². The lowest BCUT2D eigenvalue weighted by Gasteiger charge is -2.31. The molecular formula is C27H30F5N7O3. The van der Waals surface area contributed by atoms with E-state index in [1.807, 2.05) is 4.90 Å². The Morgan fingerprint density at radius 1 is 1.24 bits per heavy atom. The number of pyridine rings is 2. The summed E-state index contributed by atoms with van der Waals surface area (Å²) in [5.74, 6) is -1.43. The largest absolute Gasteiger partial charge is 0.475 e. The van der Waals surface area contributed by atoms with Gasteiger partial charge >= 0.3 is 12.2 Å². The molecule has 10 nitrogen and oxygen atoms in total. The number of aliphatic hydroxyl groups excluding tert-OH is 1. The van der Waals surface area contributed by atoms with E-state index in [4.69, 9.17) is 15.2 Å². The molecule has 6 rings (SSSR count). The summed E-state index contributed by atoms with van der Waals surface area (Å²) in [5.41, 5.74) is 1.95. The highest BCUT2D eigenvalue weighted by atomic mass is 19.4. The van der Waals surface area contributed by atoms with Crippen molar-refractivity contribution >= 4 is 22.5 Å². The minimum absolute atomic E-state index is 0.0132. The number of β-amino-alcohol motifs (C(OH)–C–C–N with tert-alkyl or cyclic N) is 1. The number of hydrogen-bond donors (Lipinski definition) is 2. The second kappa shape index (κ2) is 10.3. The summed E-state index contributed by atoms with van der Waals surface area (Å²) >= 11 is 0. The number of nitrogens with zero attached hydrogens (tertiary/aromatic N) is 6. The van der Waals surface area contributed by atoms with Crippen LogP contribution < -0.4 is 20.1 Å². The summed E-state index contributed by atoms with van der Waals surface area (Å²) in [7, 11) is 0. The Kier molecular flexibility index (Phi) is 6.99. The predicted molar refractivity (Wildman–Crippen MR) is 143 cm³/mol. The van der Waals surface area contributed by atoms with Crippen molar-refractivity contribution in [3.05, 3.63) is 23.1 Å².